The first-order valence-electron chi connectivity index (χ1n) is 7.55. The van der Waals surface area contributed by atoms with Gasteiger partial charge in [0, 0.05) is 19.7 Å². The maximum absolute atomic E-state index is 9.39. The highest BCUT2D eigenvalue weighted by atomic mass is 16.5. The number of hydrogen-bond donors (Lipinski definition) is 1. The number of rotatable bonds is 7. The lowest BCUT2D eigenvalue weighted by Gasteiger charge is -2.27. The third kappa shape index (κ3) is 3.19. The van der Waals surface area contributed by atoms with Crippen molar-refractivity contribution in [2.75, 3.05) is 20.3 Å². The van der Waals surface area contributed by atoms with Crippen molar-refractivity contribution in [2.45, 2.75) is 32.0 Å². The van der Waals surface area contributed by atoms with Gasteiger partial charge >= 0.3 is 0 Å². The van der Waals surface area contributed by atoms with Crippen LogP contribution < -0.4 is 0 Å². The molecule has 0 fully saturated rings. The van der Waals surface area contributed by atoms with Gasteiger partial charge < -0.3 is 14.4 Å². The highest BCUT2D eigenvalue weighted by Gasteiger charge is 2.28. The molecule has 1 N–H and O–H groups in total. The summed E-state index contributed by atoms with van der Waals surface area (Å²) in [5.74, 6) is 1.11. The second kappa shape index (κ2) is 7.00. The fourth-order valence-corrected chi connectivity index (χ4v) is 3.11. The van der Waals surface area contributed by atoms with Crippen LogP contribution in [0.5, 0.6) is 0 Å². The van der Waals surface area contributed by atoms with Crippen molar-refractivity contribution in [1.29, 1.82) is 0 Å². The number of hydrogen-bond acceptors (Lipinski definition) is 6. The van der Waals surface area contributed by atoms with Gasteiger partial charge in [-0.25, -0.2) is 0 Å². The molecule has 0 amide bonds. The van der Waals surface area contributed by atoms with E-state index in [1.165, 1.54) is 11.1 Å². The van der Waals surface area contributed by atoms with E-state index < -0.39 is 0 Å². The Bertz CT molecular complexity index is 614. The fraction of sp³-hybridized carbons (Fsp3) is 0.500. The predicted molar refractivity (Wildman–Crippen MR) is 80.0 cm³/mol. The number of aromatic nitrogens is 2. The van der Waals surface area contributed by atoms with Gasteiger partial charge in [-0.2, -0.15) is 4.98 Å². The Morgan fingerprint density at radius 3 is 3.09 bits per heavy atom. The van der Waals surface area contributed by atoms with E-state index in [2.05, 4.69) is 39.3 Å². The van der Waals surface area contributed by atoms with Crippen LogP contribution in [-0.4, -0.2) is 40.4 Å². The molecule has 3 rings (SSSR count). The molecule has 1 unspecified atom stereocenters. The molecule has 0 saturated carbocycles. The lowest BCUT2D eigenvalue weighted by molar-refractivity contribution is 0.138. The molecule has 1 aromatic carbocycles. The second-order valence-corrected chi connectivity index (χ2v) is 5.48. The van der Waals surface area contributed by atoms with Crippen molar-refractivity contribution in [2.24, 2.45) is 0 Å². The number of methoxy groups -OCH3 is 1. The van der Waals surface area contributed by atoms with Crippen LogP contribution in [-0.2, 0) is 24.3 Å². The molecule has 1 aromatic heterocycles. The third-order valence-corrected chi connectivity index (χ3v) is 4.05. The summed E-state index contributed by atoms with van der Waals surface area (Å²) in [5, 5.41) is 13.4. The van der Waals surface area contributed by atoms with Crippen LogP contribution in [0.1, 0.15) is 35.3 Å². The third-order valence-electron chi connectivity index (χ3n) is 4.05. The fourth-order valence-electron chi connectivity index (χ4n) is 3.11. The number of aliphatic hydroxyl groups is 1. The van der Waals surface area contributed by atoms with E-state index in [0.717, 1.165) is 12.8 Å². The van der Waals surface area contributed by atoms with E-state index in [1.807, 2.05) is 0 Å². The molecule has 6 heteroatoms. The van der Waals surface area contributed by atoms with Crippen molar-refractivity contribution in [3.05, 3.63) is 47.1 Å². The molecule has 0 aliphatic heterocycles. The Kier molecular flexibility index (Phi) is 4.82. The minimum Gasteiger partial charge on any atom is -0.395 e. The van der Waals surface area contributed by atoms with E-state index in [1.54, 1.807) is 7.11 Å². The summed E-state index contributed by atoms with van der Waals surface area (Å²) in [5.41, 5.74) is 2.74. The molecule has 1 atom stereocenters. The van der Waals surface area contributed by atoms with Gasteiger partial charge in [0.05, 0.1) is 13.2 Å². The molecule has 118 valence electrons. The van der Waals surface area contributed by atoms with Gasteiger partial charge in [-0.1, -0.05) is 29.4 Å². The largest absolute Gasteiger partial charge is 0.395 e. The summed E-state index contributed by atoms with van der Waals surface area (Å²) in [6.45, 7) is 1.58. The molecular formula is C16H21N3O3. The van der Waals surface area contributed by atoms with Crippen LogP contribution in [0.4, 0.5) is 0 Å². The Labute approximate surface area is 129 Å². The Hall–Kier alpha value is -1.76. The van der Waals surface area contributed by atoms with Crippen LogP contribution >= 0.6 is 0 Å². The van der Waals surface area contributed by atoms with Gasteiger partial charge in [0.2, 0.25) is 0 Å². The summed E-state index contributed by atoms with van der Waals surface area (Å²) < 4.78 is 10.1. The van der Waals surface area contributed by atoms with Crippen molar-refractivity contribution in [3.8, 4) is 0 Å². The Morgan fingerprint density at radius 1 is 1.41 bits per heavy atom. The van der Waals surface area contributed by atoms with E-state index in [0.29, 0.717) is 37.5 Å². The zero-order valence-corrected chi connectivity index (χ0v) is 12.7. The molecule has 2 aromatic rings. The van der Waals surface area contributed by atoms with Crippen LogP contribution in [0.25, 0.3) is 0 Å². The van der Waals surface area contributed by atoms with Crippen LogP contribution in [0, 0.1) is 0 Å². The van der Waals surface area contributed by atoms with Crippen molar-refractivity contribution >= 4 is 0 Å². The number of nitrogens with zero attached hydrogens (tertiary/aromatic N) is 3. The van der Waals surface area contributed by atoms with Crippen LogP contribution in [0.3, 0.4) is 0 Å². The van der Waals surface area contributed by atoms with Gasteiger partial charge in [0.1, 0.15) is 6.61 Å². The Morgan fingerprint density at radius 2 is 2.27 bits per heavy atom. The monoisotopic (exact) mass is 303 g/mol. The molecule has 0 radical (unpaired) electrons. The van der Waals surface area contributed by atoms with Crippen molar-refractivity contribution < 1.29 is 14.4 Å². The van der Waals surface area contributed by atoms with Crippen LogP contribution in [0.2, 0.25) is 0 Å². The summed E-state index contributed by atoms with van der Waals surface area (Å²) in [6.07, 6.45) is 2.13. The normalized spacial score (nSPS) is 17.1. The molecule has 0 bridgehead atoms. The molecule has 0 saturated heterocycles. The molecule has 1 heterocycles. The summed E-state index contributed by atoms with van der Waals surface area (Å²) in [7, 11) is 1.59. The standard InChI is InChI=1S/C16H21N3O3/c1-21-11-16-17-15(18-22-16)10-19(8-9-20)14-7-6-12-4-2-3-5-13(12)14/h2-5,14,20H,6-11H2,1H3. The molecule has 1 aliphatic rings. The highest BCUT2D eigenvalue weighted by molar-refractivity contribution is 5.34. The SMILES string of the molecule is COCc1nc(CN(CCO)C2CCc3ccccc32)no1. The molecule has 22 heavy (non-hydrogen) atoms. The highest BCUT2D eigenvalue weighted by Crippen LogP contribution is 2.35. The average Bonchev–Trinajstić information content (AvgIpc) is 3.14. The van der Waals surface area contributed by atoms with Gasteiger partial charge in [0.25, 0.3) is 5.89 Å². The molecular weight excluding hydrogens is 282 g/mol. The predicted octanol–water partition coefficient (Wildman–Crippen LogP) is 1.70. The van der Waals surface area contributed by atoms with Crippen molar-refractivity contribution in [1.82, 2.24) is 15.0 Å². The van der Waals surface area contributed by atoms with E-state index in [-0.39, 0.29) is 6.61 Å². The number of aliphatic hydroxyl groups excluding tert-OH is 1. The van der Waals surface area contributed by atoms with Gasteiger partial charge in [-0.05, 0) is 24.0 Å². The number of benzene rings is 1. The molecule has 1 aliphatic carbocycles. The minimum atomic E-state index is 0.113. The topological polar surface area (TPSA) is 71.6 Å². The number of fused-ring (bicyclic) bond motifs is 1. The van der Waals surface area contributed by atoms with Crippen molar-refractivity contribution in [3.63, 3.8) is 0 Å². The van der Waals surface area contributed by atoms with E-state index in [4.69, 9.17) is 9.26 Å². The number of ether oxygens (including phenoxy) is 1. The maximum Gasteiger partial charge on any atom is 0.252 e. The zero-order chi connectivity index (χ0) is 15.4. The van der Waals surface area contributed by atoms with E-state index in [9.17, 15) is 5.11 Å². The van der Waals surface area contributed by atoms with E-state index >= 15 is 0 Å². The molecule has 6 nitrogen and oxygen atoms in total. The lowest BCUT2D eigenvalue weighted by Crippen LogP contribution is -2.30. The number of aryl methyl sites for hydroxylation is 1. The first-order chi connectivity index (χ1) is 10.8. The first kappa shape index (κ1) is 15.1. The maximum atomic E-state index is 9.39. The zero-order valence-electron chi connectivity index (χ0n) is 12.7. The van der Waals surface area contributed by atoms with Gasteiger partial charge in [-0.15, -0.1) is 0 Å². The summed E-state index contributed by atoms with van der Waals surface area (Å²) >= 11 is 0. The summed E-state index contributed by atoms with van der Waals surface area (Å²) in [4.78, 5) is 6.54. The van der Waals surface area contributed by atoms with Gasteiger partial charge in [0.15, 0.2) is 5.82 Å². The summed E-state index contributed by atoms with van der Waals surface area (Å²) in [6, 6.07) is 8.79. The van der Waals surface area contributed by atoms with Gasteiger partial charge in [-0.3, -0.25) is 4.90 Å². The molecule has 0 spiro atoms. The quantitative estimate of drug-likeness (QED) is 0.839. The average molecular weight is 303 g/mol. The first-order valence-corrected chi connectivity index (χ1v) is 7.55. The van der Waals surface area contributed by atoms with Crippen LogP contribution in [0.15, 0.2) is 28.8 Å². The lowest BCUT2D eigenvalue weighted by atomic mass is 10.1. The minimum absolute atomic E-state index is 0.113. The second-order valence-electron chi connectivity index (χ2n) is 5.48. The smallest absolute Gasteiger partial charge is 0.252 e. The Balaban J connectivity index is 1.75.